The second-order valence-electron chi connectivity index (χ2n) is 6.31. The fourth-order valence-corrected chi connectivity index (χ4v) is 5.23. The molecule has 1 aromatic rings. The van der Waals surface area contributed by atoms with E-state index in [1.54, 1.807) is 12.1 Å². The minimum atomic E-state index is -3.52. The SMILES string of the molecule is NC1CCCC2CN(C3=NS(=O)(=O)c4ccccc43)CC12. The minimum Gasteiger partial charge on any atom is -0.355 e. The molecule has 3 atom stereocenters. The highest BCUT2D eigenvalue weighted by Crippen LogP contribution is 2.38. The molecule has 21 heavy (non-hydrogen) atoms. The summed E-state index contributed by atoms with van der Waals surface area (Å²) in [6.07, 6.45) is 3.45. The van der Waals surface area contributed by atoms with E-state index >= 15 is 0 Å². The van der Waals surface area contributed by atoms with E-state index in [1.165, 1.54) is 12.8 Å². The van der Waals surface area contributed by atoms with Crippen molar-refractivity contribution >= 4 is 15.9 Å². The van der Waals surface area contributed by atoms with Crippen molar-refractivity contribution < 1.29 is 8.42 Å². The second kappa shape index (κ2) is 4.55. The zero-order valence-corrected chi connectivity index (χ0v) is 12.6. The highest BCUT2D eigenvalue weighted by atomic mass is 32.2. The molecule has 0 amide bonds. The van der Waals surface area contributed by atoms with Gasteiger partial charge >= 0.3 is 0 Å². The first-order chi connectivity index (χ1) is 10.1. The smallest absolute Gasteiger partial charge is 0.285 e. The van der Waals surface area contributed by atoms with Crippen molar-refractivity contribution in [2.75, 3.05) is 13.1 Å². The Hall–Kier alpha value is -1.40. The fourth-order valence-electron chi connectivity index (χ4n) is 4.01. The Labute approximate surface area is 124 Å². The molecule has 2 aliphatic heterocycles. The third-order valence-electron chi connectivity index (χ3n) is 5.07. The van der Waals surface area contributed by atoms with Crippen LogP contribution in [-0.4, -0.2) is 38.3 Å². The Morgan fingerprint density at radius 1 is 1.19 bits per heavy atom. The topological polar surface area (TPSA) is 75.8 Å². The molecule has 0 aromatic heterocycles. The van der Waals surface area contributed by atoms with Gasteiger partial charge in [-0.15, -0.1) is 4.40 Å². The van der Waals surface area contributed by atoms with E-state index < -0.39 is 10.0 Å². The molecule has 2 heterocycles. The lowest BCUT2D eigenvalue weighted by Gasteiger charge is -2.29. The average Bonchev–Trinajstić information content (AvgIpc) is 3.00. The van der Waals surface area contributed by atoms with Gasteiger partial charge in [0.1, 0.15) is 4.90 Å². The van der Waals surface area contributed by atoms with Crippen molar-refractivity contribution in [2.24, 2.45) is 22.0 Å². The Morgan fingerprint density at radius 2 is 2.00 bits per heavy atom. The van der Waals surface area contributed by atoms with Crippen LogP contribution in [-0.2, 0) is 10.0 Å². The van der Waals surface area contributed by atoms with Crippen LogP contribution in [0.4, 0.5) is 0 Å². The van der Waals surface area contributed by atoms with E-state index in [0.717, 1.165) is 25.1 Å². The summed E-state index contributed by atoms with van der Waals surface area (Å²) in [4.78, 5) is 2.46. The van der Waals surface area contributed by atoms with Gasteiger partial charge in [0.05, 0.1) is 0 Å². The number of hydrogen-bond acceptors (Lipinski definition) is 4. The summed E-state index contributed by atoms with van der Waals surface area (Å²) in [5.41, 5.74) is 6.98. The van der Waals surface area contributed by atoms with Gasteiger partial charge < -0.3 is 10.6 Å². The van der Waals surface area contributed by atoms with Crippen LogP contribution in [0.25, 0.3) is 0 Å². The summed E-state index contributed by atoms with van der Waals surface area (Å²) in [5, 5.41) is 0. The van der Waals surface area contributed by atoms with Gasteiger partial charge in [-0.2, -0.15) is 8.42 Å². The number of likely N-dealkylation sites (tertiary alicyclic amines) is 1. The van der Waals surface area contributed by atoms with E-state index in [9.17, 15) is 8.42 Å². The highest BCUT2D eigenvalue weighted by molar-refractivity contribution is 7.90. The van der Waals surface area contributed by atoms with Crippen LogP contribution in [0, 0.1) is 11.8 Å². The van der Waals surface area contributed by atoms with Gasteiger partial charge in [0.25, 0.3) is 10.0 Å². The number of benzene rings is 1. The van der Waals surface area contributed by atoms with Crippen LogP contribution in [0.5, 0.6) is 0 Å². The van der Waals surface area contributed by atoms with Crippen LogP contribution >= 0.6 is 0 Å². The second-order valence-corrected chi connectivity index (χ2v) is 7.88. The molecular formula is C15H19N3O2S. The summed E-state index contributed by atoms with van der Waals surface area (Å²) in [5.74, 6) is 1.66. The molecule has 0 spiro atoms. The summed E-state index contributed by atoms with van der Waals surface area (Å²) >= 11 is 0. The Balaban J connectivity index is 1.70. The molecule has 1 saturated heterocycles. The first-order valence-corrected chi connectivity index (χ1v) is 8.95. The summed E-state index contributed by atoms with van der Waals surface area (Å²) in [6, 6.07) is 7.33. The molecule has 0 bridgehead atoms. The largest absolute Gasteiger partial charge is 0.355 e. The molecule has 5 nitrogen and oxygen atoms in total. The van der Waals surface area contributed by atoms with Crippen molar-refractivity contribution in [1.29, 1.82) is 0 Å². The predicted octanol–water partition coefficient (Wildman–Crippen LogP) is 1.19. The van der Waals surface area contributed by atoms with Crippen molar-refractivity contribution in [3.05, 3.63) is 29.8 Å². The van der Waals surface area contributed by atoms with Crippen molar-refractivity contribution in [2.45, 2.75) is 30.2 Å². The minimum absolute atomic E-state index is 0.239. The first kappa shape index (κ1) is 13.3. The van der Waals surface area contributed by atoms with Crippen molar-refractivity contribution in [3.8, 4) is 0 Å². The van der Waals surface area contributed by atoms with Gasteiger partial charge in [-0.1, -0.05) is 18.6 Å². The van der Waals surface area contributed by atoms with E-state index in [2.05, 4.69) is 9.30 Å². The number of amidine groups is 1. The zero-order valence-electron chi connectivity index (χ0n) is 11.8. The lowest BCUT2D eigenvalue weighted by atomic mass is 9.78. The number of nitrogens with two attached hydrogens (primary N) is 1. The normalized spacial score (nSPS) is 33.5. The average molecular weight is 305 g/mol. The predicted molar refractivity (Wildman–Crippen MR) is 80.5 cm³/mol. The lowest BCUT2D eigenvalue weighted by molar-refractivity contribution is 0.260. The quantitative estimate of drug-likeness (QED) is 0.781. The zero-order chi connectivity index (χ0) is 14.6. The van der Waals surface area contributed by atoms with Crippen LogP contribution in [0.2, 0.25) is 0 Å². The number of sulfonamides is 1. The van der Waals surface area contributed by atoms with Crippen LogP contribution in [0.15, 0.2) is 33.6 Å². The summed E-state index contributed by atoms with van der Waals surface area (Å²) in [6.45, 7) is 1.70. The number of fused-ring (bicyclic) bond motifs is 2. The molecule has 1 aromatic carbocycles. The standard InChI is InChI=1S/C15H19N3O2S/c16-13-6-3-4-10-8-18(9-12(10)13)15-11-5-1-2-7-14(11)21(19,20)17-15/h1-2,5,7,10,12-13H,3-4,6,8-9,16H2. The first-order valence-electron chi connectivity index (χ1n) is 7.51. The number of hydrogen-bond donors (Lipinski definition) is 1. The van der Waals surface area contributed by atoms with Crippen molar-refractivity contribution in [3.63, 3.8) is 0 Å². The van der Waals surface area contributed by atoms with Crippen molar-refractivity contribution in [1.82, 2.24) is 4.90 Å². The van der Waals surface area contributed by atoms with Gasteiger partial charge in [-0.05, 0) is 36.8 Å². The highest BCUT2D eigenvalue weighted by Gasteiger charge is 2.42. The molecule has 1 aliphatic carbocycles. The monoisotopic (exact) mass is 305 g/mol. The fraction of sp³-hybridized carbons (Fsp3) is 0.533. The number of nitrogens with zero attached hydrogens (tertiary/aromatic N) is 2. The maximum Gasteiger partial charge on any atom is 0.285 e. The van der Waals surface area contributed by atoms with Gasteiger partial charge in [-0.3, -0.25) is 0 Å². The van der Waals surface area contributed by atoms with Gasteiger partial charge in [0.2, 0.25) is 0 Å². The Morgan fingerprint density at radius 3 is 2.81 bits per heavy atom. The molecule has 2 N–H and O–H groups in total. The van der Waals surface area contributed by atoms with E-state index in [0.29, 0.717) is 22.6 Å². The lowest BCUT2D eigenvalue weighted by Crippen LogP contribution is -2.38. The van der Waals surface area contributed by atoms with Crippen LogP contribution in [0.3, 0.4) is 0 Å². The van der Waals surface area contributed by atoms with E-state index in [-0.39, 0.29) is 6.04 Å². The molecule has 2 fully saturated rings. The maximum absolute atomic E-state index is 12.2. The van der Waals surface area contributed by atoms with Crippen LogP contribution < -0.4 is 5.73 Å². The molecule has 112 valence electrons. The molecule has 3 unspecified atom stereocenters. The van der Waals surface area contributed by atoms with Crippen LogP contribution in [0.1, 0.15) is 24.8 Å². The third-order valence-corrected chi connectivity index (χ3v) is 6.39. The van der Waals surface area contributed by atoms with E-state index in [1.807, 2.05) is 12.1 Å². The Kier molecular flexibility index (Phi) is 2.87. The Bertz CT molecular complexity index is 713. The summed E-state index contributed by atoms with van der Waals surface area (Å²) in [7, 11) is -3.52. The van der Waals surface area contributed by atoms with Gasteiger partial charge in [-0.25, -0.2) is 0 Å². The molecule has 1 saturated carbocycles. The molecular weight excluding hydrogens is 286 g/mol. The summed E-state index contributed by atoms with van der Waals surface area (Å²) < 4.78 is 28.3. The van der Waals surface area contributed by atoms with E-state index in [4.69, 9.17) is 5.73 Å². The maximum atomic E-state index is 12.2. The molecule has 0 radical (unpaired) electrons. The van der Waals surface area contributed by atoms with Gasteiger partial charge in [0.15, 0.2) is 5.84 Å². The third kappa shape index (κ3) is 2.00. The molecule has 6 heteroatoms. The number of rotatable bonds is 0. The molecule has 4 rings (SSSR count). The molecule has 3 aliphatic rings. The van der Waals surface area contributed by atoms with Gasteiger partial charge in [0, 0.05) is 24.7 Å².